The number of hydrogen-bond acceptors (Lipinski definition) is 14. The molecule has 0 aromatic carbocycles. The summed E-state index contributed by atoms with van der Waals surface area (Å²) in [5.74, 6) is -4.90. The van der Waals surface area contributed by atoms with Crippen LogP contribution in [0.3, 0.4) is 0 Å². The minimum atomic E-state index is -1.09. The van der Waals surface area contributed by atoms with E-state index in [-0.39, 0.29) is 76.6 Å². The number of carboxylic acids is 1. The first-order chi connectivity index (χ1) is 23.6. The Bertz CT molecular complexity index is 1330. The van der Waals surface area contributed by atoms with Crippen LogP contribution in [-0.4, -0.2) is 156 Å². The summed E-state index contributed by atoms with van der Waals surface area (Å²) in [7, 11) is 0. The van der Waals surface area contributed by atoms with Gasteiger partial charge in [0.15, 0.2) is 0 Å². The van der Waals surface area contributed by atoms with Crippen molar-refractivity contribution >= 4 is 35.5 Å². The number of fused-ring (bicyclic) bond motifs is 10. The smallest absolute Gasteiger partial charge is 0.329 e. The largest absolute Gasteiger partial charge is 0.480 e. The van der Waals surface area contributed by atoms with Crippen molar-refractivity contribution in [2.24, 2.45) is 29.1 Å². The molecule has 0 aromatic heterocycles. The van der Waals surface area contributed by atoms with Gasteiger partial charge in [0.1, 0.15) is 13.2 Å². The topological polar surface area (TPSA) is 228 Å². The van der Waals surface area contributed by atoms with Crippen molar-refractivity contribution in [2.75, 3.05) is 65.9 Å². The Balaban J connectivity index is 0.000000182. The quantitative estimate of drug-likeness (QED) is 0.0965. The summed E-state index contributed by atoms with van der Waals surface area (Å²) in [6.07, 6.45) is 6.85. The number of carbonyl (C=O) groups is 6. The normalized spacial score (nSPS) is 33.1. The molecule has 0 saturated carbocycles. The highest BCUT2D eigenvalue weighted by atomic mass is 16.7. The molecule has 5 fully saturated rings. The first kappa shape index (κ1) is 35.2. The Hall–Kier alpha value is -3.62. The third kappa shape index (κ3) is 6.79. The summed E-state index contributed by atoms with van der Waals surface area (Å²) in [4.78, 5) is 83.5. The maximum Gasteiger partial charge on any atom is 0.329 e. The lowest BCUT2D eigenvalue weighted by atomic mass is 9.80. The van der Waals surface area contributed by atoms with Crippen LogP contribution in [0.1, 0.15) is 12.8 Å². The highest BCUT2D eigenvalue weighted by Crippen LogP contribution is 2.46. The molecule has 7 heterocycles. The number of carbonyl (C=O) groups excluding carboxylic acids is 5. The number of amides is 5. The van der Waals surface area contributed by atoms with E-state index >= 15 is 0 Å². The van der Waals surface area contributed by atoms with Gasteiger partial charge in [-0.25, -0.2) is 4.79 Å². The van der Waals surface area contributed by atoms with Gasteiger partial charge in [-0.3, -0.25) is 33.6 Å². The average Bonchev–Trinajstić information content (AvgIpc) is 3.96. The number of ether oxygens (including phenoxy) is 4. The lowest BCUT2D eigenvalue weighted by Crippen LogP contribution is -2.47. The molecule has 8 unspecified atom stereocenters. The number of rotatable bonds is 14. The predicted octanol–water partition coefficient (Wildman–Crippen LogP) is -2.58. The highest BCUT2D eigenvalue weighted by Gasteiger charge is 2.62. The van der Waals surface area contributed by atoms with Gasteiger partial charge < -0.3 is 39.2 Å². The van der Waals surface area contributed by atoms with Crippen molar-refractivity contribution in [2.45, 2.75) is 37.3 Å². The maximum atomic E-state index is 12.4. The minimum Gasteiger partial charge on any atom is -0.480 e. The fourth-order valence-corrected chi connectivity index (χ4v) is 7.19. The Morgan fingerprint density at radius 3 is 1.43 bits per heavy atom. The third-order valence-electron chi connectivity index (χ3n) is 9.94. The number of aliphatic hydroxyl groups is 2. The number of aliphatic carboxylic acids is 1. The van der Waals surface area contributed by atoms with Gasteiger partial charge in [0.2, 0.25) is 5.91 Å². The van der Waals surface area contributed by atoms with Crippen LogP contribution in [0.4, 0.5) is 0 Å². The van der Waals surface area contributed by atoms with Gasteiger partial charge in [0.05, 0.1) is 87.7 Å². The Morgan fingerprint density at radius 1 is 0.673 bits per heavy atom. The number of likely N-dealkylation sites (tertiary alicyclic amines) is 1. The van der Waals surface area contributed by atoms with Gasteiger partial charge in [-0.1, -0.05) is 24.3 Å². The van der Waals surface area contributed by atoms with Crippen molar-refractivity contribution in [1.82, 2.24) is 15.0 Å². The fraction of sp³-hybridized carbons (Fsp3) is 0.677. The zero-order valence-corrected chi connectivity index (χ0v) is 26.5. The van der Waals surface area contributed by atoms with Gasteiger partial charge in [0.25, 0.3) is 23.6 Å². The number of imide groups is 2. The molecule has 7 aliphatic heterocycles. The van der Waals surface area contributed by atoms with Crippen molar-refractivity contribution in [1.29, 1.82) is 0 Å². The van der Waals surface area contributed by atoms with E-state index in [1.54, 1.807) is 29.2 Å². The summed E-state index contributed by atoms with van der Waals surface area (Å²) in [6, 6.07) is 0. The second kappa shape index (κ2) is 14.7. The van der Waals surface area contributed by atoms with E-state index in [0.29, 0.717) is 25.9 Å². The summed E-state index contributed by atoms with van der Waals surface area (Å²) in [6.45, 7) is 0.0972. The van der Waals surface area contributed by atoms with Crippen LogP contribution in [0.2, 0.25) is 0 Å². The summed E-state index contributed by atoms with van der Waals surface area (Å²) >= 11 is 0. The van der Waals surface area contributed by atoms with E-state index in [9.17, 15) is 39.0 Å². The van der Waals surface area contributed by atoms with E-state index in [1.807, 2.05) is 0 Å². The van der Waals surface area contributed by atoms with E-state index in [1.165, 1.54) is 0 Å². The lowest BCUT2D eigenvalue weighted by molar-refractivity contribution is -0.196. The summed E-state index contributed by atoms with van der Waals surface area (Å²) < 4.78 is 21.1. The molecule has 0 radical (unpaired) electrons. The molecule has 268 valence electrons. The molecule has 18 heteroatoms. The van der Waals surface area contributed by atoms with Crippen molar-refractivity contribution in [3.05, 3.63) is 24.3 Å². The molecule has 8 atom stereocenters. The van der Waals surface area contributed by atoms with E-state index < -0.39 is 65.3 Å². The number of hydroxylamine groups is 4. The number of hydrogen-bond donors (Lipinski definition) is 3. The molecule has 4 bridgehead atoms. The van der Waals surface area contributed by atoms with Crippen LogP contribution < -0.4 is 0 Å². The first-order valence-electron chi connectivity index (χ1n) is 16.1. The first-order valence-corrected chi connectivity index (χ1v) is 16.1. The molecule has 3 N–H and O–H groups in total. The second-order valence-electron chi connectivity index (χ2n) is 12.8. The molecule has 0 aromatic rings. The Kier molecular flexibility index (Phi) is 10.6. The Morgan fingerprint density at radius 2 is 1.06 bits per heavy atom. The van der Waals surface area contributed by atoms with E-state index in [0.717, 1.165) is 10.1 Å². The predicted molar refractivity (Wildman–Crippen MR) is 157 cm³/mol. The third-order valence-corrected chi connectivity index (χ3v) is 9.94. The van der Waals surface area contributed by atoms with Gasteiger partial charge in [-0.15, -0.1) is 0 Å². The van der Waals surface area contributed by atoms with Gasteiger partial charge >= 0.3 is 5.97 Å². The van der Waals surface area contributed by atoms with Gasteiger partial charge in [-0.05, 0) is 12.8 Å². The van der Waals surface area contributed by atoms with Crippen molar-refractivity contribution < 1.29 is 72.7 Å². The summed E-state index contributed by atoms with van der Waals surface area (Å²) in [5.41, 5.74) is -0.515. The van der Waals surface area contributed by atoms with Crippen LogP contribution in [-0.2, 0) is 57.4 Å². The monoisotopic (exact) mass is 693 g/mol. The van der Waals surface area contributed by atoms with Crippen molar-refractivity contribution in [3.8, 4) is 0 Å². The van der Waals surface area contributed by atoms with Crippen LogP contribution in [0.15, 0.2) is 24.3 Å². The van der Waals surface area contributed by atoms with Crippen LogP contribution >= 0.6 is 0 Å². The molecular weight excluding hydrogens is 654 g/mol. The summed E-state index contributed by atoms with van der Waals surface area (Å²) in [5, 5.41) is 28.8. The van der Waals surface area contributed by atoms with Crippen LogP contribution in [0.5, 0.6) is 0 Å². The molecule has 5 amide bonds. The molecule has 18 nitrogen and oxygen atoms in total. The molecule has 0 spiro atoms. The van der Waals surface area contributed by atoms with E-state index in [4.69, 9.17) is 33.7 Å². The van der Waals surface area contributed by atoms with Crippen LogP contribution in [0, 0.1) is 29.1 Å². The van der Waals surface area contributed by atoms with Crippen LogP contribution in [0.25, 0.3) is 0 Å². The van der Waals surface area contributed by atoms with Gasteiger partial charge in [0, 0.05) is 18.5 Å². The average molecular weight is 694 g/mol. The van der Waals surface area contributed by atoms with Gasteiger partial charge in [-0.2, -0.15) is 10.1 Å². The second-order valence-corrected chi connectivity index (χ2v) is 12.8. The number of piperidine rings is 1. The molecule has 7 aliphatic rings. The number of aliphatic hydroxyl groups excluding tert-OH is 2. The molecule has 49 heavy (non-hydrogen) atoms. The number of carboxylic acid groups (broad SMARTS) is 1. The molecule has 7 rings (SSSR count). The zero-order valence-electron chi connectivity index (χ0n) is 26.5. The maximum absolute atomic E-state index is 12.4. The fourth-order valence-electron chi connectivity index (χ4n) is 7.19. The number of nitrogens with zero attached hydrogens (tertiary/aromatic N) is 3. The minimum absolute atomic E-state index is 0.0136. The zero-order chi connectivity index (χ0) is 34.9. The van der Waals surface area contributed by atoms with Crippen molar-refractivity contribution in [3.63, 3.8) is 0 Å². The standard InChI is InChI=1S/C19H26N2O8.C12H13NO7/c22-10-19(11-23)3-5-20(6-4-19)14(24)9-27-7-8-28-21-17(25)15-12-1-2-13(29-12)16(15)18(21)26;14-8(15)5-18-3-4-19-13-11(16)9-6-1-2-7(20-6)10(9)12(13)17/h1-2,12-13,15-16,22-23H,3-11H2;1-2,6-7,9-10H,3-5H2,(H,14,15). The molecule has 5 saturated heterocycles. The molecule has 0 aliphatic carbocycles. The highest BCUT2D eigenvalue weighted by molar-refractivity contribution is 6.06. The molecular formula is C31H39N3O15. The van der Waals surface area contributed by atoms with E-state index in [2.05, 4.69) is 0 Å². The SMILES string of the molecule is O=C(COCCON1C(=O)C2C3C=CC(O3)C2C1=O)N1CCC(CO)(CO)CC1.O=C(O)COCCON1C(=O)C2C3C=CC(O3)C2C1=O. The lowest BCUT2D eigenvalue weighted by Gasteiger charge is -2.39. The Labute approximate surface area is 279 Å².